The lowest BCUT2D eigenvalue weighted by Crippen LogP contribution is -2.49. The number of anilines is 1. The monoisotopic (exact) mass is 393 g/mol. The maximum atomic E-state index is 13.9. The van der Waals surface area contributed by atoms with Crippen LogP contribution in [0.3, 0.4) is 0 Å². The van der Waals surface area contributed by atoms with Crippen molar-refractivity contribution in [3.05, 3.63) is 72.1 Å². The van der Waals surface area contributed by atoms with E-state index >= 15 is 0 Å². The smallest absolute Gasteiger partial charge is 0.257 e. The molecule has 1 amide bonds. The van der Waals surface area contributed by atoms with Crippen molar-refractivity contribution < 1.29 is 13.9 Å². The Kier molecular flexibility index (Phi) is 5.33. The Morgan fingerprint density at radius 3 is 2.55 bits per heavy atom. The number of nitrogens with zero attached hydrogens (tertiary/aromatic N) is 5. The summed E-state index contributed by atoms with van der Waals surface area (Å²) in [6.45, 7) is 3.92. The van der Waals surface area contributed by atoms with Crippen molar-refractivity contribution >= 4 is 11.7 Å². The Balaban J connectivity index is 1.44. The van der Waals surface area contributed by atoms with E-state index in [2.05, 4.69) is 19.9 Å². The number of amides is 1. The van der Waals surface area contributed by atoms with Crippen LogP contribution in [0.15, 0.2) is 54.9 Å². The number of rotatable bonds is 4. The highest BCUT2D eigenvalue weighted by atomic mass is 19.1. The van der Waals surface area contributed by atoms with Gasteiger partial charge in [-0.2, -0.15) is 4.98 Å². The highest BCUT2D eigenvalue weighted by Crippen LogP contribution is 2.24. The van der Waals surface area contributed by atoms with Gasteiger partial charge in [-0.25, -0.2) is 9.37 Å². The molecule has 1 aliphatic heterocycles. The molecule has 148 valence electrons. The lowest BCUT2D eigenvalue weighted by Gasteiger charge is -2.35. The Morgan fingerprint density at radius 1 is 1.07 bits per heavy atom. The number of benzene rings is 1. The lowest BCUT2D eigenvalue weighted by atomic mass is 10.2. The minimum Gasteiger partial charge on any atom is -0.439 e. The van der Waals surface area contributed by atoms with Crippen LogP contribution in [0.1, 0.15) is 16.2 Å². The molecule has 1 fully saturated rings. The van der Waals surface area contributed by atoms with E-state index < -0.39 is 5.82 Å². The van der Waals surface area contributed by atoms with Gasteiger partial charge in [-0.3, -0.25) is 9.78 Å². The molecule has 0 radical (unpaired) electrons. The summed E-state index contributed by atoms with van der Waals surface area (Å²) in [5.74, 6) is 1.59. The molecule has 1 saturated heterocycles. The van der Waals surface area contributed by atoms with Gasteiger partial charge in [0.25, 0.3) is 5.91 Å². The van der Waals surface area contributed by atoms with E-state index in [0.29, 0.717) is 43.6 Å². The van der Waals surface area contributed by atoms with Crippen molar-refractivity contribution in [2.75, 3.05) is 31.1 Å². The number of aryl methyl sites for hydroxylation is 1. The zero-order valence-corrected chi connectivity index (χ0v) is 16.0. The van der Waals surface area contributed by atoms with Crippen LogP contribution in [-0.4, -0.2) is 51.9 Å². The Morgan fingerprint density at radius 2 is 1.83 bits per heavy atom. The predicted octanol–water partition coefficient (Wildman–Crippen LogP) is 3.07. The number of piperazine rings is 1. The first-order chi connectivity index (χ1) is 14.1. The number of hydrogen-bond acceptors (Lipinski definition) is 6. The zero-order chi connectivity index (χ0) is 20.2. The summed E-state index contributed by atoms with van der Waals surface area (Å²) >= 11 is 0. The van der Waals surface area contributed by atoms with Gasteiger partial charge >= 0.3 is 0 Å². The third-order valence-corrected chi connectivity index (χ3v) is 4.66. The normalized spacial score (nSPS) is 14.0. The Labute approximate surface area is 167 Å². The van der Waals surface area contributed by atoms with Crippen molar-refractivity contribution in [3.8, 4) is 11.6 Å². The molecule has 1 aliphatic rings. The third-order valence-electron chi connectivity index (χ3n) is 4.66. The van der Waals surface area contributed by atoms with Crippen LogP contribution in [0.4, 0.5) is 10.2 Å². The Hall–Kier alpha value is -3.55. The van der Waals surface area contributed by atoms with Gasteiger partial charge < -0.3 is 14.5 Å². The second kappa shape index (κ2) is 8.22. The average molecular weight is 393 g/mol. The number of para-hydroxylation sites is 1. The van der Waals surface area contributed by atoms with Gasteiger partial charge in [-0.1, -0.05) is 18.2 Å². The first-order valence-corrected chi connectivity index (χ1v) is 9.32. The van der Waals surface area contributed by atoms with E-state index in [9.17, 15) is 9.18 Å². The van der Waals surface area contributed by atoms with Gasteiger partial charge in [0.2, 0.25) is 5.88 Å². The fraction of sp³-hybridized carbons (Fsp3) is 0.238. The van der Waals surface area contributed by atoms with Crippen molar-refractivity contribution in [2.45, 2.75) is 6.92 Å². The third kappa shape index (κ3) is 4.31. The summed E-state index contributed by atoms with van der Waals surface area (Å²) in [7, 11) is 0. The quantitative estimate of drug-likeness (QED) is 0.678. The minimum absolute atomic E-state index is 0.0462. The summed E-state index contributed by atoms with van der Waals surface area (Å²) in [5, 5.41) is 0. The largest absolute Gasteiger partial charge is 0.439 e. The van der Waals surface area contributed by atoms with E-state index in [-0.39, 0.29) is 11.5 Å². The molecule has 4 rings (SSSR count). The van der Waals surface area contributed by atoms with Crippen molar-refractivity contribution in [1.82, 2.24) is 19.9 Å². The second-order valence-electron chi connectivity index (χ2n) is 6.66. The van der Waals surface area contributed by atoms with Gasteiger partial charge in [0.1, 0.15) is 17.4 Å². The van der Waals surface area contributed by atoms with Crippen molar-refractivity contribution in [3.63, 3.8) is 0 Å². The summed E-state index contributed by atoms with van der Waals surface area (Å²) in [5.41, 5.74) is 0.0462. The van der Waals surface area contributed by atoms with Crippen LogP contribution >= 0.6 is 0 Å². The molecule has 1 aromatic carbocycles. The SMILES string of the molecule is Cc1nc(Oc2ccccc2)cc(N2CCN(C(=O)c3ccncc3F)CC2)n1. The molecule has 29 heavy (non-hydrogen) atoms. The van der Waals surface area contributed by atoms with Gasteiger partial charge in [-0.05, 0) is 25.1 Å². The number of pyridine rings is 1. The fourth-order valence-electron chi connectivity index (χ4n) is 3.21. The molecule has 7 nitrogen and oxygen atoms in total. The number of carbonyl (C=O) groups excluding carboxylic acids is 1. The van der Waals surface area contributed by atoms with Crippen LogP contribution in [0.5, 0.6) is 11.6 Å². The predicted molar refractivity (Wildman–Crippen MR) is 106 cm³/mol. The molecule has 3 aromatic rings. The van der Waals surface area contributed by atoms with Gasteiger partial charge in [0.15, 0.2) is 5.82 Å². The highest BCUT2D eigenvalue weighted by molar-refractivity contribution is 5.94. The molecule has 2 aromatic heterocycles. The molecule has 0 N–H and O–H groups in total. The van der Waals surface area contributed by atoms with Crippen LogP contribution < -0.4 is 9.64 Å². The summed E-state index contributed by atoms with van der Waals surface area (Å²) in [6.07, 6.45) is 2.48. The molecule has 8 heteroatoms. The average Bonchev–Trinajstić information content (AvgIpc) is 2.74. The van der Waals surface area contributed by atoms with Gasteiger partial charge in [0.05, 0.1) is 11.8 Å². The molecule has 3 heterocycles. The highest BCUT2D eigenvalue weighted by Gasteiger charge is 2.25. The molecule has 0 spiro atoms. The number of carbonyl (C=O) groups is 1. The molecule has 0 bridgehead atoms. The Bertz CT molecular complexity index is 1010. The molecular formula is C21H20FN5O2. The van der Waals surface area contributed by atoms with Crippen LogP contribution in [-0.2, 0) is 0 Å². The fourth-order valence-corrected chi connectivity index (χ4v) is 3.21. The van der Waals surface area contributed by atoms with Crippen LogP contribution in [0.2, 0.25) is 0 Å². The first kappa shape index (κ1) is 18.8. The maximum Gasteiger partial charge on any atom is 0.257 e. The van der Waals surface area contributed by atoms with E-state index in [1.165, 1.54) is 12.3 Å². The van der Waals surface area contributed by atoms with E-state index in [1.54, 1.807) is 11.0 Å². The van der Waals surface area contributed by atoms with Crippen LogP contribution in [0.25, 0.3) is 0 Å². The maximum absolute atomic E-state index is 13.9. The number of ether oxygens (including phenoxy) is 1. The molecule has 0 unspecified atom stereocenters. The van der Waals surface area contributed by atoms with Gasteiger partial charge in [0, 0.05) is 38.4 Å². The molecular weight excluding hydrogens is 373 g/mol. The number of aromatic nitrogens is 3. The van der Waals surface area contributed by atoms with Gasteiger partial charge in [-0.15, -0.1) is 0 Å². The summed E-state index contributed by atoms with van der Waals surface area (Å²) < 4.78 is 19.7. The number of halogens is 1. The van der Waals surface area contributed by atoms with Crippen molar-refractivity contribution in [2.24, 2.45) is 0 Å². The second-order valence-corrected chi connectivity index (χ2v) is 6.66. The molecule has 0 saturated carbocycles. The minimum atomic E-state index is -0.603. The number of hydrogen-bond donors (Lipinski definition) is 0. The van der Waals surface area contributed by atoms with Crippen molar-refractivity contribution in [1.29, 1.82) is 0 Å². The molecule has 0 atom stereocenters. The zero-order valence-electron chi connectivity index (χ0n) is 16.0. The summed E-state index contributed by atoms with van der Waals surface area (Å²) in [4.78, 5) is 28.8. The topological polar surface area (TPSA) is 71.5 Å². The lowest BCUT2D eigenvalue weighted by molar-refractivity contribution is 0.0741. The standard InChI is InChI=1S/C21H20FN5O2/c1-15-24-19(13-20(25-15)29-16-5-3-2-4-6-16)26-9-11-27(12-10-26)21(28)17-7-8-23-14-18(17)22/h2-8,13-14H,9-12H2,1H3. The van der Waals surface area contributed by atoms with E-state index in [4.69, 9.17) is 4.74 Å². The first-order valence-electron chi connectivity index (χ1n) is 9.32. The molecule has 0 aliphatic carbocycles. The summed E-state index contributed by atoms with van der Waals surface area (Å²) in [6, 6.07) is 12.6. The van der Waals surface area contributed by atoms with Crippen LogP contribution in [0, 0.1) is 12.7 Å². The van der Waals surface area contributed by atoms with E-state index in [0.717, 1.165) is 12.0 Å². The van der Waals surface area contributed by atoms with E-state index in [1.807, 2.05) is 37.3 Å².